The average molecular weight is 502 g/mol. The number of hydrogen-bond donors (Lipinski definition) is 2. The Hall–Kier alpha value is -3.88. The second kappa shape index (κ2) is 9.53. The highest BCUT2D eigenvalue weighted by Crippen LogP contribution is 2.47. The number of benzene rings is 3. The molecule has 0 saturated carbocycles. The highest BCUT2D eigenvalue weighted by Gasteiger charge is 2.48. The number of rotatable bonds is 5. The Bertz CT molecular complexity index is 1310. The van der Waals surface area contributed by atoms with Crippen LogP contribution in [0.1, 0.15) is 34.9 Å². The van der Waals surface area contributed by atoms with E-state index in [1.54, 1.807) is 12.1 Å². The van der Waals surface area contributed by atoms with Crippen LogP contribution in [0, 0.1) is 0 Å². The van der Waals surface area contributed by atoms with Gasteiger partial charge in [-0.15, -0.1) is 0 Å². The van der Waals surface area contributed by atoms with Gasteiger partial charge in [-0.05, 0) is 46.9 Å². The fourth-order valence-electron chi connectivity index (χ4n) is 5.78. The summed E-state index contributed by atoms with van der Waals surface area (Å²) in [6.45, 7) is -0.0670. The molecule has 0 bridgehead atoms. The summed E-state index contributed by atoms with van der Waals surface area (Å²) in [5, 5.41) is 12.6. The smallest absolute Gasteiger partial charge is 0.411 e. The number of anilines is 1. The molecule has 0 spiro atoms. The first kappa shape index (κ1) is 23.5. The van der Waals surface area contributed by atoms with Crippen molar-refractivity contribution in [2.45, 2.75) is 36.6 Å². The van der Waals surface area contributed by atoms with Crippen molar-refractivity contribution in [3.8, 4) is 16.9 Å². The summed E-state index contributed by atoms with van der Waals surface area (Å²) < 4.78 is 22.3. The van der Waals surface area contributed by atoms with Crippen molar-refractivity contribution in [3.63, 3.8) is 0 Å². The SMILES string of the molecule is COC(=O)[C@@H]1C[C@H]2c3cc(NC(=O)OCC4c5ccccc5-c5ccccc54)ccc3O[C@H]2[C@@H](CO)O1. The molecule has 0 aromatic heterocycles. The number of carbonyl (C=O) groups is 2. The number of fused-ring (bicyclic) bond motifs is 6. The zero-order valence-corrected chi connectivity index (χ0v) is 20.3. The molecule has 0 unspecified atom stereocenters. The van der Waals surface area contributed by atoms with Gasteiger partial charge in [0.2, 0.25) is 0 Å². The second-order valence-corrected chi connectivity index (χ2v) is 9.50. The van der Waals surface area contributed by atoms with Crippen molar-refractivity contribution < 1.29 is 33.6 Å². The van der Waals surface area contributed by atoms with E-state index in [4.69, 9.17) is 18.9 Å². The molecule has 8 heteroatoms. The first-order chi connectivity index (χ1) is 18.1. The van der Waals surface area contributed by atoms with Gasteiger partial charge < -0.3 is 24.1 Å². The van der Waals surface area contributed by atoms with Crippen LogP contribution >= 0.6 is 0 Å². The first-order valence-corrected chi connectivity index (χ1v) is 12.3. The van der Waals surface area contributed by atoms with Gasteiger partial charge in [-0.25, -0.2) is 9.59 Å². The lowest BCUT2D eigenvalue weighted by atomic mass is 9.85. The molecule has 2 aliphatic heterocycles. The fourth-order valence-corrected chi connectivity index (χ4v) is 5.78. The molecule has 8 nitrogen and oxygen atoms in total. The maximum atomic E-state index is 12.8. The van der Waals surface area contributed by atoms with Gasteiger partial charge in [-0.1, -0.05) is 48.5 Å². The van der Waals surface area contributed by atoms with Crippen LogP contribution in [-0.4, -0.2) is 55.8 Å². The van der Waals surface area contributed by atoms with Crippen LogP contribution < -0.4 is 10.1 Å². The Kier molecular flexibility index (Phi) is 6.06. The number of nitrogens with one attached hydrogen (secondary N) is 1. The van der Waals surface area contributed by atoms with Crippen LogP contribution in [0.2, 0.25) is 0 Å². The van der Waals surface area contributed by atoms with E-state index >= 15 is 0 Å². The number of aliphatic hydroxyl groups excluding tert-OH is 1. The zero-order valence-electron chi connectivity index (χ0n) is 20.3. The molecule has 0 radical (unpaired) electrons. The van der Waals surface area contributed by atoms with Crippen LogP contribution in [0.3, 0.4) is 0 Å². The molecule has 1 amide bonds. The van der Waals surface area contributed by atoms with Crippen molar-refractivity contribution in [2.75, 3.05) is 25.6 Å². The summed E-state index contributed by atoms with van der Waals surface area (Å²) in [5.74, 6) is -0.0616. The molecule has 6 rings (SSSR count). The highest BCUT2D eigenvalue weighted by molar-refractivity contribution is 5.85. The minimum atomic E-state index is -0.795. The maximum Gasteiger partial charge on any atom is 0.411 e. The van der Waals surface area contributed by atoms with Gasteiger partial charge in [0.15, 0.2) is 6.10 Å². The van der Waals surface area contributed by atoms with Crippen molar-refractivity contribution in [1.29, 1.82) is 0 Å². The molecule has 2 heterocycles. The topological polar surface area (TPSA) is 103 Å². The summed E-state index contributed by atoms with van der Waals surface area (Å²) in [6, 6.07) is 21.7. The monoisotopic (exact) mass is 501 g/mol. The summed E-state index contributed by atoms with van der Waals surface area (Å²) in [5.41, 5.74) is 6.04. The van der Waals surface area contributed by atoms with E-state index in [0.717, 1.165) is 16.7 Å². The third kappa shape index (κ3) is 4.12. The highest BCUT2D eigenvalue weighted by atomic mass is 16.6. The number of hydrogen-bond acceptors (Lipinski definition) is 7. The zero-order chi connectivity index (χ0) is 25.5. The van der Waals surface area contributed by atoms with Crippen molar-refractivity contribution in [3.05, 3.63) is 83.4 Å². The summed E-state index contributed by atoms with van der Waals surface area (Å²) in [4.78, 5) is 24.9. The minimum Gasteiger partial charge on any atom is -0.487 e. The molecule has 3 aromatic carbocycles. The molecule has 4 atom stereocenters. The van der Waals surface area contributed by atoms with Crippen LogP contribution in [0.25, 0.3) is 11.1 Å². The summed E-state index contributed by atoms with van der Waals surface area (Å²) in [6.07, 6.45) is -2.07. The van der Waals surface area contributed by atoms with E-state index in [-0.39, 0.29) is 25.0 Å². The Morgan fingerprint density at radius 2 is 1.70 bits per heavy atom. The van der Waals surface area contributed by atoms with E-state index in [0.29, 0.717) is 17.9 Å². The third-order valence-electron chi connectivity index (χ3n) is 7.48. The van der Waals surface area contributed by atoms with Gasteiger partial charge in [0.25, 0.3) is 0 Å². The average Bonchev–Trinajstić information content (AvgIpc) is 3.46. The van der Waals surface area contributed by atoms with Gasteiger partial charge in [-0.3, -0.25) is 5.32 Å². The predicted molar refractivity (Wildman–Crippen MR) is 135 cm³/mol. The van der Waals surface area contributed by atoms with Gasteiger partial charge in [0, 0.05) is 23.1 Å². The van der Waals surface area contributed by atoms with Gasteiger partial charge in [0.1, 0.15) is 24.6 Å². The molecule has 2 N–H and O–H groups in total. The molecular weight excluding hydrogens is 474 g/mol. The first-order valence-electron chi connectivity index (χ1n) is 12.3. The quantitative estimate of drug-likeness (QED) is 0.505. The third-order valence-corrected chi connectivity index (χ3v) is 7.48. The molecule has 1 saturated heterocycles. The van der Waals surface area contributed by atoms with Crippen LogP contribution in [0.15, 0.2) is 66.7 Å². The Balaban J connectivity index is 1.16. The molecule has 190 valence electrons. The van der Waals surface area contributed by atoms with E-state index in [1.807, 2.05) is 30.3 Å². The van der Waals surface area contributed by atoms with E-state index < -0.39 is 30.4 Å². The second-order valence-electron chi connectivity index (χ2n) is 9.50. The fraction of sp³-hybridized carbons (Fsp3) is 0.310. The van der Waals surface area contributed by atoms with Gasteiger partial charge >= 0.3 is 12.1 Å². The maximum absolute atomic E-state index is 12.8. The van der Waals surface area contributed by atoms with Gasteiger partial charge in [-0.2, -0.15) is 0 Å². The number of methoxy groups -OCH3 is 1. The normalized spacial score (nSPS) is 23.2. The van der Waals surface area contributed by atoms with Crippen molar-refractivity contribution in [2.24, 2.45) is 0 Å². The van der Waals surface area contributed by atoms with Crippen molar-refractivity contribution >= 4 is 17.7 Å². The van der Waals surface area contributed by atoms with E-state index in [2.05, 4.69) is 29.6 Å². The Labute approximate surface area is 214 Å². The predicted octanol–water partition coefficient (Wildman–Crippen LogP) is 4.22. The molecule has 1 fully saturated rings. The van der Waals surface area contributed by atoms with Gasteiger partial charge in [0.05, 0.1) is 13.7 Å². The Morgan fingerprint density at radius 3 is 2.38 bits per heavy atom. The number of amides is 1. The lowest BCUT2D eigenvalue weighted by Gasteiger charge is -2.35. The van der Waals surface area contributed by atoms with E-state index in [9.17, 15) is 14.7 Å². The van der Waals surface area contributed by atoms with Crippen LogP contribution in [0.4, 0.5) is 10.5 Å². The molecule has 37 heavy (non-hydrogen) atoms. The molecule has 1 aliphatic carbocycles. The number of aliphatic hydroxyl groups is 1. The number of ether oxygens (including phenoxy) is 4. The minimum absolute atomic E-state index is 0.0276. The lowest BCUT2D eigenvalue weighted by Crippen LogP contribution is -2.48. The number of carbonyl (C=O) groups excluding carboxylic acids is 2. The molecule has 3 aliphatic rings. The summed E-state index contributed by atoms with van der Waals surface area (Å²) >= 11 is 0. The van der Waals surface area contributed by atoms with Crippen LogP contribution in [0.5, 0.6) is 5.75 Å². The molecule has 3 aromatic rings. The standard InChI is InChI=1S/C29H27NO7/c1-34-28(32)25-13-22-21-12-16(10-11-24(21)37-27(22)26(14-31)36-25)30-29(33)35-15-23-19-8-4-2-6-17(19)18-7-3-5-9-20(18)23/h2-12,22-23,25-27,31H,13-15H2,1H3,(H,30,33)/t22-,25-,26+,27+/m0/s1. The Morgan fingerprint density at radius 1 is 1.00 bits per heavy atom. The van der Waals surface area contributed by atoms with Crippen molar-refractivity contribution in [1.82, 2.24) is 0 Å². The molecular formula is C29H27NO7. The lowest BCUT2D eigenvalue weighted by molar-refractivity contribution is -0.175. The summed E-state index contributed by atoms with van der Waals surface area (Å²) in [7, 11) is 1.31. The van der Waals surface area contributed by atoms with E-state index in [1.165, 1.54) is 18.2 Å². The number of esters is 1. The van der Waals surface area contributed by atoms with Crippen LogP contribution in [-0.2, 0) is 19.0 Å². The largest absolute Gasteiger partial charge is 0.487 e.